The number of aromatic nitrogens is 2. The van der Waals surface area contributed by atoms with Crippen LogP contribution in [0.4, 0.5) is 0 Å². The summed E-state index contributed by atoms with van der Waals surface area (Å²) in [7, 11) is 3.89. The van der Waals surface area contributed by atoms with E-state index in [1.165, 1.54) is 10.5 Å². The Hall–Kier alpha value is -0.970. The van der Waals surface area contributed by atoms with E-state index in [9.17, 15) is 0 Å². The molecular formula is C16H22ClN3S. The van der Waals surface area contributed by atoms with E-state index in [4.69, 9.17) is 11.6 Å². The maximum Gasteiger partial charge on any atom is 0.130 e. The molecule has 1 heterocycles. The number of halogens is 1. The lowest BCUT2D eigenvalue weighted by atomic mass is 10.1. The summed E-state index contributed by atoms with van der Waals surface area (Å²) >= 11 is 8.21. The SMILES string of the molecule is CNC(CSc1ccccc1C)Cc1c(C)nn(C)c1Cl. The molecule has 0 fully saturated rings. The molecule has 1 aromatic carbocycles. The molecule has 114 valence electrons. The molecule has 0 saturated carbocycles. The Balaban J connectivity index is 2.02. The number of hydrogen-bond donors (Lipinski definition) is 1. The van der Waals surface area contributed by atoms with Crippen LogP contribution in [0.5, 0.6) is 0 Å². The van der Waals surface area contributed by atoms with Crippen LogP contribution in [0, 0.1) is 13.8 Å². The summed E-state index contributed by atoms with van der Waals surface area (Å²) in [6.45, 7) is 4.17. The zero-order chi connectivity index (χ0) is 15.4. The van der Waals surface area contributed by atoms with E-state index >= 15 is 0 Å². The first-order chi connectivity index (χ1) is 10.0. The number of hydrogen-bond acceptors (Lipinski definition) is 3. The molecule has 0 aliphatic carbocycles. The third-order valence-corrected chi connectivity index (χ3v) is 5.47. The molecule has 1 aromatic heterocycles. The molecule has 1 N–H and O–H groups in total. The van der Waals surface area contributed by atoms with Gasteiger partial charge in [0.2, 0.25) is 0 Å². The molecule has 21 heavy (non-hydrogen) atoms. The molecule has 0 saturated heterocycles. The molecule has 0 radical (unpaired) electrons. The molecule has 0 bridgehead atoms. The molecule has 3 nitrogen and oxygen atoms in total. The monoisotopic (exact) mass is 323 g/mol. The molecule has 2 aromatic rings. The molecule has 1 atom stereocenters. The number of nitrogens with one attached hydrogen (secondary N) is 1. The molecule has 0 spiro atoms. The average Bonchev–Trinajstić information content (AvgIpc) is 2.70. The maximum absolute atomic E-state index is 6.32. The highest BCUT2D eigenvalue weighted by molar-refractivity contribution is 7.99. The fourth-order valence-corrected chi connectivity index (χ4v) is 3.69. The van der Waals surface area contributed by atoms with Crippen molar-refractivity contribution in [2.75, 3.05) is 12.8 Å². The minimum absolute atomic E-state index is 0.370. The van der Waals surface area contributed by atoms with Gasteiger partial charge in [-0.15, -0.1) is 11.8 Å². The maximum atomic E-state index is 6.32. The van der Waals surface area contributed by atoms with Crippen molar-refractivity contribution >= 4 is 23.4 Å². The Bertz CT molecular complexity index is 610. The lowest BCUT2D eigenvalue weighted by Gasteiger charge is -2.16. The Morgan fingerprint density at radius 2 is 2.05 bits per heavy atom. The fourth-order valence-electron chi connectivity index (χ4n) is 2.31. The van der Waals surface area contributed by atoms with Crippen LogP contribution >= 0.6 is 23.4 Å². The Labute approximate surface area is 136 Å². The predicted octanol–water partition coefficient (Wildman–Crippen LogP) is 3.61. The molecule has 0 aliphatic rings. The van der Waals surface area contributed by atoms with Crippen LogP contribution in [0.25, 0.3) is 0 Å². The van der Waals surface area contributed by atoms with Crippen molar-refractivity contribution in [1.82, 2.24) is 15.1 Å². The second-order valence-electron chi connectivity index (χ2n) is 5.24. The van der Waals surface area contributed by atoms with E-state index in [0.717, 1.165) is 28.6 Å². The lowest BCUT2D eigenvalue weighted by molar-refractivity contribution is 0.615. The molecule has 0 amide bonds. The van der Waals surface area contributed by atoms with Gasteiger partial charge in [-0.2, -0.15) is 5.10 Å². The van der Waals surface area contributed by atoms with Gasteiger partial charge in [0.1, 0.15) is 5.15 Å². The van der Waals surface area contributed by atoms with Gasteiger partial charge < -0.3 is 5.32 Å². The Morgan fingerprint density at radius 3 is 2.62 bits per heavy atom. The van der Waals surface area contributed by atoms with Crippen molar-refractivity contribution in [3.63, 3.8) is 0 Å². The quantitative estimate of drug-likeness (QED) is 0.824. The largest absolute Gasteiger partial charge is 0.316 e. The molecule has 5 heteroatoms. The van der Waals surface area contributed by atoms with Crippen molar-refractivity contribution in [1.29, 1.82) is 0 Å². The normalized spacial score (nSPS) is 12.6. The van der Waals surface area contributed by atoms with E-state index in [2.05, 4.69) is 41.6 Å². The van der Waals surface area contributed by atoms with Crippen molar-refractivity contribution in [3.8, 4) is 0 Å². The third kappa shape index (κ3) is 4.02. The first kappa shape index (κ1) is 16.4. The van der Waals surface area contributed by atoms with E-state index in [1.807, 2.05) is 32.8 Å². The zero-order valence-electron chi connectivity index (χ0n) is 13.0. The number of nitrogens with zero attached hydrogens (tertiary/aromatic N) is 2. The van der Waals surface area contributed by atoms with Crippen LogP contribution < -0.4 is 5.32 Å². The van der Waals surface area contributed by atoms with E-state index in [-0.39, 0.29) is 0 Å². The van der Waals surface area contributed by atoms with Crippen LogP contribution in [0.1, 0.15) is 16.8 Å². The first-order valence-electron chi connectivity index (χ1n) is 7.06. The van der Waals surface area contributed by atoms with Crippen molar-refractivity contribution in [2.45, 2.75) is 31.2 Å². The van der Waals surface area contributed by atoms with Gasteiger partial charge in [0.25, 0.3) is 0 Å². The van der Waals surface area contributed by atoms with Gasteiger partial charge in [-0.25, -0.2) is 0 Å². The van der Waals surface area contributed by atoms with Gasteiger partial charge in [-0.05, 0) is 38.9 Å². The van der Waals surface area contributed by atoms with Gasteiger partial charge >= 0.3 is 0 Å². The van der Waals surface area contributed by atoms with Gasteiger partial charge in [0.15, 0.2) is 0 Å². The Morgan fingerprint density at radius 1 is 1.33 bits per heavy atom. The van der Waals surface area contributed by atoms with E-state index < -0.39 is 0 Å². The first-order valence-corrected chi connectivity index (χ1v) is 8.43. The minimum Gasteiger partial charge on any atom is -0.316 e. The van der Waals surface area contributed by atoms with E-state index in [1.54, 1.807) is 4.68 Å². The van der Waals surface area contributed by atoms with Gasteiger partial charge in [-0.3, -0.25) is 4.68 Å². The van der Waals surface area contributed by atoms with Crippen LogP contribution in [0.2, 0.25) is 5.15 Å². The highest BCUT2D eigenvalue weighted by atomic mass is 35.5. The van der Waals surface area contributed by atoms with E-state index in [0.29, 0.717) is 6.04 Å². The highest BCUT2D eigenvalue weighted by Gasteiger charge is 2.16. The smallest absolute Gasteiger partial charge is 0.130 e. The average molecular weight is 324 g/mol. The highest BCUT2D eigenvalue weighted by Crippen LogP contribution is 2.25. The number of benzene rings is 1. The summed E-state index contributed by atoms with van der Waals surface area (Å²) in [5, 5.41) is 8.51. The summed E-state index contributed by atoms with van der Waals surface area (Å²) in [5.74, 6) is 1.01. The summed E-state index contributed by atoms with van der Waals surface area (Å²) in [6, 6.07) is 8.86. The van der Waals surface area contributed by atoms with Crippen molar-refractivity contribution in [2.24, 2.45) is 7.05 Å². The fraction of sp³-hybridized carbons (Fsp3) is 0.438. The summed E-state index contributed by atoms with van der Waals surface area (Å²) < 4.78 is 1.74. The van der Waals surface area contributed by atoms with Crippen molar-refractivity contribution in [3.05, 3.63) is 46.2 Å². The number of thioether (sulfide) groups is 1. The van der Waals surface area contributed by atoms with Crippen LogP contribution in [0.15, 0.2) is 29.2 Å². The van der Waals surface area contributed by atoms with Crippen LogP contribution in [-0.4, -0.2) is 28.6 Å². The summed E-state index contributed by atoms with van der Waals surface area (Å²) in [6.07, 6.45) is 0.897. The Kier molecular flexibility index (Phi) is 5.73. The molecular weight excluding hydrogens is 302 g/mol. The lowest BCUT2D eigenvalue weighted by Crippen LogP contribution is -2.30. The molecule has 2 rings (SSSR count). The molecule has 0 aliphatic heterocycles. The second-order valence-corrected chi connectivity index (χ2v) is 6.66. The number of aryl methyl sites for hydroxylation is 3. The molecule has 1 unspecified atom stereocenters. The van der Waals surface area contributed by atoms with Crippen LogP contribution in [0.3, 0.4) is 0 Å². The zero-order valence-corrected chi connectivity index (χ0v) is 14.6. The minimum atomic E-state index is 0.370. The van der Waals surface area contributed by atoms with Crippen molar-refractivity contribution < 1.29 is 0 Å². The summed E-state index contributed by atoms with van der Waals surface area (Å²) in [5.41, 5.74) is 3.49. The second kappa shape index (κ2) is 7.34. The van der Waals surface area contributed by atoms with Gasteiger partial charge in [0.05, 0.1) is 5.69 Å². The van der Waals surface area contributed by atoms with Gasteiger partial charge in [-0.1, -0.05) is 29.8 Å². The summed E-state index contributed by atoms with van der Waals surface area (Å²) in [4.78, 5) is 1.34. The standard InChI is InChI=1S/C16H22ClN3S/c1-11-7-5-6-8-15(11)21-10-13(18-3)9-14-12(2)19-20(4)16(14)17/h5-8,13,18H,9-10H2,1-4H3. The predicted molar refractivity (Wildman–Crippen MR) is 91.4 cm³/mol. The number of likely N-dealkylation sites (N-methyl/N-ethyl adjacent to an activating group) is 1. The number of rotatable bonds is 6. The topological polar surface area (TPSA) is 29.9 Å². The van der Waals surface area contributed by atoms with Crippen LogP contribution in [-0.2, 0) is 13.5 Å². The third-order valence-electron chi connectivity index (χ3n) is 3.66. The van der Waals surface area contributed by atoms with Gasteiger partial charge in [0, 0.05) is 29.3 Å².